The highest BCUT2D eigenvalue weighted by atomic mass is 16.2. The average Bonchev–Trinajstić information content (AvgIpc) is 3.24. The monoisotopic (exact) mass is 525 g/mol. The van der Waals surface area contributed by atoms with Gasteiger partial charge in [-0.05, 0) is 47.9 Å². The lowest BCUT2D eigenvalue weighted by molar-refractivity contribution is -0.135. The standard InChI is InChI=1S/C31H35N5O3/c1-31(2,3)27(34-28(37)24-15-19-8-5-6-11-23(19)33-24)30(39)35(4)17-25-22-14-20(22)16-36(25)29(38)21-10-7-9-18-12-13-32-26(18)21/h5-13,15,20,22,25,27,32-33H,14,16-17H2,1-4H3,(H,34,37)/t20-,22?,25+,27+/m0/s1. The Bertz CT molecular complexity index is 1540. The van der Waals surface area contributed by atoms with Crippen LogP contribution in [-0.2, 0) is 4.79 Å². The first-order valence-corrected chi connectivity index (χ1v) is 13.6. The van der Waals surface area contributed by atoms with Crippen LogP contribution in [0.2, 0.25) is 0 Å². The summed E-state index contributed by atoms with van der Waals surface area (Å²) in [5.74, 6) is 0.425. The first-order valence-electron chi connectivity index (χ1n) is 13.6. The van der Waals surface area contributed by atoms with Gasteiger partial charge in [0.1, 0.15) is 11.7 Å². The lowest BCUT2D eigenvalue weighted by Crippen LogP contribution is -2.56. The number of H-pyrrole nitrogens is 2. The lowest BCUT2D eigenvalue weighted by Gasteiger charge is -2.36. The number of nitrogens with one attached hydrogen (secondary N) is 3. The number of hydrogen-bond donors (Lipinski definition) is 3. The van der Waals surface area contributed by atoms with Gasteiger partial charge >= 0.3 is 0 Å². The number of hydrogen-bond acceptors (Lipinski definition) is 3. The van der Waals surface area contributed by atoms with Crippen LogP contribution < -0.4 is 5.32 Å². The predicted molar refractivity (Wildman–Crippen MR) is 151 cm³/mol. The molecule has 4 atom stereocenters. The summed E-state index contributed by atoms with van der Waals surface area (Å²) in [6.45, 7) is 7.01. The fraction of sp³-hybridized carbons (Fsp3) is 0.387. The van der Waals surface area contributed by atoms with Crippen molar-refractivity contribution in [1.82, 2.24) is 25.1 Å². The summed E-state index contributed by atoms with van der Waals surface area (Å²) in [5, 5.41) is 4.94. The number of para-hydroxylation sites is 2. The smallest absolute Gasteiger partial charge is 0.268 e. The molecule has 0 bridgehead atoms. The van der Waals surface area contributed by atoms with Crippen LogP contribution in [0.25, 0.3) is 21.8 Å². The molecule has 0 spiro atoms. The maximum absolute atomic E-state index is 13.8. The van der Waals surface area contributed by atoms with Gasteiger partial charge in [0.15, 0.2) is 0 Å². The maximum atomic E-state index is 13.8. The number of fused-ring (bicyclic) bond motifs is 3. The SMILES string of the molecule is CN(C[C@@H]1C2C[C@H]2CN1C(=O)c1cccc2cc[nH]c12)C(=O)[C@@H](NC(=O)c1cc2ccccc2[nH]1)C(C)(C)C. The van der Waals surface area contributed by atoms with E-state index in [-0.39, 0.29) is 23.8 Å². The number of benzene rings is 2. The van der Waals surface area contributed by atoms with E-state index in [9.17, 15) is 14.4 Å². The van der Waals surface area contributed by atoms with Crippen molar-refractivity contribution < 1.29 is 14.4 Å². The van der Waals surface area contributed by atoms with Gasteiger partial charge in [0.05, 0.1) is 17.1 Å². The number of nitrogens with zero attached hydrogens (tertiary/aromatic N) is 2. The molecule has 202 valence electrons. The third kappa shape index (κ3) is 4.58. The van der Waals surface area contributed by atoms with Gasteiger partial charge < -0.3 is 25.1 Å². The Morgan fingerprint density at radius 1 is 1.08 bits per heavy atom. The fourth-order valence-electron chi connectivity index (χ4n) is 6.10. The number of carbonyl (C=O) groups is 3. The normalized spacial score (nSPS) is 21.1. The molecular weight excluding hydrogens is 490 g/mol. The zero-order chi connectivity index (χ0) is 27.5. The lowest BCUT2D eigenvalue weighted by atomic mass is 9.85. The van der Waals surface area contributed by atoms with Crippen molar-refractivity contribution in [2.75, 3.05) is 20.1 Å². The number of rotatable bonds is 6. The zero-order valence-corrected chi connectivity index (χ0v) is 22.8. The third-order valence-corrected chi connectivity index (χ3v) is 8.38. The Hall–Kier alpha value is -4.07. The van der Waals surface area contributed by atoms with Crippen LogP contribution in [0.15, 0.2) is 60.8 Å². The molecule has 2 aromatic carbocycles. The first-order chi connectivity index (χ1) is 18.6. The minimum absolute atomic E-state index is 0.000541. The molecule has 1 aliphatic carbocycles. The second-order valence-corrected chi connectivity index (χ2v) is 12.2. The molecule has 2 aromatic heterocycles. The summed E-state index contributed by atoms with van der Waals surface area (Å²) in [5.41, 5.74) is 2.30. The summed E-state index contributed by atoms with van der Waals surface area (Å²) >= 11 is 0. The summed E-state index contributed by atoms with van der Waals surface area (Å²) in [6, 6.07) is 16.5. The molecule has 2 aliphatic rings. The highest BCUT2D eigenvalue weighted by molar-refractivity contribution is 6.06. The van der Waals surface area contributed by atoms with Crippen molar-refractivity contribution in [2.45, 2.75) is 39.3 Å². The molecule has 4 aromatic rings. The van der Waals surface area contributed by atoms with Crippen LogP contribution in [0.1, 0.15) is 48.0 Å². The minimum atomic E-state index is -0.727. The number of piperidine rings is 1. The molecule has 6 rings (SSSR count). The van der Waals surface area contributed by atoms with Gasteiger partial charge in [0.2, 0.25) is 5.91 Å². The van der Waals surface area contributed by atoms with Crippen LogP contribution in [-0.4, -0.2) is 69.7 Å². The van der Waals surface area contributed by atoms with E-state index >= 15 is 0 Å². The highest BCUT2D eigenvalue weighted by Gasteiger charge is 2.54. The largest absolute Gasteiger partial charge is 0.361 e. The predicted octanol–water partition coefficient (Wildman–Crippen LogP) is 4.41. The van der Waals surface area contributed by atoms with Crippen LogP contribution in [0.5, 0.6) is 0 Å². The molecule has 3 N–H and O–H groups in total. The molecule has 2 fully saturated rings. The van der Waals surface area contributed by atoms with Crippen molar-refractivity contribution >= 4 is 39.5 Å². The average molecular weight is 526 g/mol. The molecule has 1 unspecified atom stereocenters. The number of amides is 3. The van der Waals surface area contributed by atoms with Crippen molar-refractivity contribution in [3.8, 4) is 0 Å². The molecule has 1 saturated carbocycles. The van der Waals surface area contributed by atoms with Crippen molar-refractivity contribution in [3.05, 3.63) is 72.1 Å². The third-order valence-electron chi connectivity index (χ3n) is 8.38. The number of carbonyl (C=O) groups excluding carboxylic acids is 3. The van der Waals surface area contributed by atoms with Crippen molar-refractivity contribution in [2.24, 2.45) is 17.3 Å². The number of aromatic nitrogens is 2. The quantitative estimate of drug-likeness (QED) is 0.348. The van der Waals surface area contributed by atoms with E-state index in [1.807, 2.05) is 80.4 Å². The second-order valence-electron chi connectivity index (χ2n) is 12.2. The fourth-order valence-corrected chi connectivity index (χ4v) is 6.10. The zero-order valence-electron chi connectivity index (χ0n) is 22.8. The van der Waals surface area contributed by atoms with Crippen LogP contribution in [0, 0.1) is 17.3 Å². The summed E-state index contributed by atoms with van der Waals surface area (Å²) < 4.78 is 0. The molecule has 0 radical (unpaired) electrons. The van der Waals surface area contributed by atoms with E-state index in [2.05, 4.69) is 15.3 Å². The summed E-state index contributed by atoms with van der Waals surface area (Å²) in [4.78, 5) is 50.7. The number of likely N-dealkylation sites (tertiary alicyclic amines) is 1. The number of aromatic amines is 2. The van der Waals surface area contributed by atoms with Crippen molar-refractivity contribution in [3.63, 3.8) is 0 Å². The van der Waals surface area contributed by atoms with E-state index in [1.54, 1.807) is 18.0 Å². The number of likely N-dealkylation sites (N-methyl/N-ethyl adjacent to an activating group) is 1. The van der Waals surface area contributed by atoms with Gasteiger partial charge in [-0.3, -0.25) is 14.4 Å². The Morgan fingerprint density at radius 2 is 1.85 bits per heavy atom. The van der Waals surface area contributed by atoms with Gasteiger partial charge in [-0.1, -0.05) is 51.1 Å². The van der Waals surface area contributed by atoms with Gasteiger partial charge in [-0.15, -0.1) is 0 Å². The van der Waals surface area contributed by atoms with Crippen LogP contribution in [0.3, 0.4) is 0 Å². The Morgan fingerprint density at radius 3 is 2.62 bits per heavy atom. The van der Waals surface area contributed by atoms with E-state index in [1.165, 1.54) is 0 Å². The Balaban J connectivity index is 1.19. The summed E-state index contributed by atoms with van der Waals surface area (Å²) in [6.07, 6.45) is 2.94. The Labute approximate surface area is 227 Å². The molecule has 39 heavy (non-hydrogen) atoms. The molecule has 1 saturated heterocycles. The van der Waals surface area contributed by atoms with Gasteiger partial charge in [0.25, 0.3) is 11.8 Å². The Kier molecular flexibility index (Phi) is 6.01. The van der Waals surface area contributed by atoms with Gasteiger partial charge in [0, 0.05) is 42.6 Å². The molecule has 1 aliphatic heterocycles. The summed E-state index contributed by atoms with van der Waals surface area (Å²) in [7, 11) is 1.78. The van der Waals surface area contributed by atoms with Crippen LogP contribution in [0.4, 0.5) is 0 Å². The topological polar surface area (TPSA) is 101 Å². The van der Waals surface area contributed by atoms with Gasteiger partial charge in [-0.2, -0.15) is 0 Å². The van der Waals surface area contributed by atoms with Crippen LogP contribution >= 0.6 is 0 Å². The molecule has 8 nitrogen and oxygen atoms in total. The molecule has 3 amide bonds. The second kappa shape index (κ2) is 9.29. The first kappa shape index (κ1) is 25.2. The van der Waals surface area contributed by atoms with Gasteiger partial charge in [-0.25, -0.2) is 0 Å². The maximum Gasteiger partial charge on any atom is 0.268 e. The molecule has 8 heteroatoms. The molecule has 3 heterocycles. The van der Waals surface area contributed by atoms with Crippen molar-refractivity contribution in [1.29, 1.82) is 0 Å². The highest BCUT2D eigenvalue weighted by Crippen LogP contribution is 2.50. The van der Waals surface area contributed by atoms with E-state index < -0.39 is 11.5 Å². The van der Waals surface area contributed by atoms with E-state index in [0.717, 1.165) is 28.2 Å². The van der Waals surface area contributed by atoms with E-state index in [0.29, 0.717) is 36.2 Å². The van der Waals surface area contributed by atoms with E-state index in [4.69, 9.17) is 0 Å². The molecular formula is C31H35N5O3. The minimum Gasteiger partial charge on any atom is -0.361 e.